The highest BCUT2D eigenvalue weighted by molar-refractivity contribution is 5.89. The van der Waals surface area contributed by atoms with Crippen LogP contribution in [0.15, 0.2) is 55.1 Å². The summed E-state index contributed by atoms with van der Waals surface area (Å²) < 4.78 is 2.02. The molecule has 1 aromatic carbocycles. The van der Waals surface area contributed by atoms with Crippen LogP contribution in [0.3, 0.4) is 0 Å². The molecule has 8 heteroatoms. The van der Waals surface area contributed by atoms with Crippen molar-refractivity contribution in [1.82, 2.24) is 29.4 Å². The van der Waals surface area contributed by atoms with Crippen LogP contribution in [0.25, 0.3) is 16.7 Å². The zero-order valence-corrected chi connectivity index (χ0v) is 19.6. The van der Waals surface area contributed by atoms with E-state index in [1.54, 1.807) is 12.5 Å². The SMILES string of the molecule is CCc1nccn1-c1cccc([C@H]2CCCN2C(=O)CCNc2ncnc3ccc(C)cc23)n1. The number of hydrogen-bond donors (Lipinski definition) is 1. The number of nitrogens with one attached hydrogen (secondary N) is 1. The fourth-order valence-corrected chi connectivity index (χ4v) is 4.68. The Labute approximate surface area is 199 Å². The van der Waals surface area contributed by atoms with E-state index in [9.17, 15) is 4.79 Å². The standard InChI is InChI=1S/C26H29N7O/c1-3-23-27-13-15-33(23)24-8-4-6-21(31-24)22-7-5-14-32(22)25(34)11-12-28-26-19-16-18(2)9-10-20(19)29-17-30-26/h4,6,8-10,13,15-17,22H,3,5,7,11-12,14H2,1-2H3,(H,28,29,30)/t22-/m1/s1. The average Bonchev–Trinajstić information content (AvgIpc) is 3.54. The zero-order valence-electron chi connectivity index (χ0n) is 19.6. The Kier molecular flexibility index (Phi) is 6.20. The molecular weight excluding hydrogens is 426 g/mol. The third-order valence-electron chi connectivity index (χ3n) is 6.37. The van der Waals surface area contributed by atoms with Crippen LogP contribution in [0, 0.1) is 6.92 Å². The highest BCUT2D eigenvalue weighted by Gasteiger charge is 2.30. The summed E-state index contributed by atoms with van der Waals surface area (Å²) in [6, 6.07) is 12.1. The normalized spacial score (nSPS) is 15.7. The van der Waals surface area contributed by atoms with Gasteiger partial charge in [0.05, 0.1) is 17.3 Å². The van der Waals surface area contributed by atoms with E-state index in [2.05, 4.69) is 33.3 Å². The monoisotopic (exact) mass is 455 g/mol. The Hall–Kier alpha value is -3.81. The molecule has 5 rings (SSSR count). The third-order valence-corrected chi connectivity index (χ3v) is 6.37. The van der Waals surface area contributed by atoms with Crippen LogP contribution in [-0.4, -0.2) is 48.4 Å². The van der Waals surface area contributed by atoms with Crippen molar-refractivity contribution in [1.29, 1.82) is 0 Å². The summed E-state index contributed by atoms with van der Waals surface area (Å²) in [4.78, 5) is 33.2. The summed E-state index contributed by atoms with van der Waals surface area (Å²) in [6.45, 7) is 5.41. The molecule has 0 radical (unpaired) electrons. The Morgan fingerprint density at radius 2 is 2.09 bits per heavy atom. The molecule has 8 nitrogen and oxygen atoms in total. The Balaban J connectivity index is 1.27. The molecular formula is C26H29N7O. The summed E-state index contributed by atoms with van der Waals surface area (Å²) in [5.74, 6) is 2.72. The predicted molar refractivity (Wildman–Crippen MR) is 132 cm³/mol. The largest absolute Gasteiger partial charge is 0.369 e. The average molecular weight is 456 g/mol. The molecule has 0 spiro atoms. The molecule has 0 saturated carbocycles. The fraction of sp³-hybridized carbons (Fsp3) is 0.346. The van der Waals surface area contributed by atoms with E-state index in [0.29, 0.717) is 13.0 Å². The molecule has 4 aromatic rings. The number of anilines is 1. The van der Waals surface area contributed by atoms with Crippen LogP contribution in [0.5, 0.6) is 0 Å². The summed E-state index contributed by atoms with van der Waals surface area (Å²) in [7, 11) is 0. The molecule has 1 fully saturated rings. The fourth-order valence-electron chi connectivity index (χ4n) is 4.68. The number of aromatic nitrogens is 5. The van der Waals surface area contributed by atoms with Crippen LogP contribution < -0.4 is 5.32 Å². The van der Waals surface area contributed by atoms with Crippen molar-refractivity contribution in [2.75, 3.05) is 18.4 Å². The molecule has 1 amide bonds. The second kappa shape index (κ2) is 9.59. The third kappa shape index (κ3) is 4.35. The molecule has 1 N–H and O–H groups in total. The van der Waals surface area contributed by atoms with Gasteiger partial charge >= 0.3 is 0 Å². The van der Waals surface area contributed by atoms with E-state index in [-0.39, 0.29) is 11.9 Å². The number of benzene rings is 1. The minimum absolute atomic E-state index is 0.00331. The van der Waals surface area contributed by atoms with Gasteiger partial charge in [-0.3, -0.25) is 9.36 Å². The van der Waals surface area contributed by atoms with Crippen molar-refractivity contribution in [2.24, 2.45) is 0 Å². The van der Waals surface area contributed by atoms with E-state index in [1.165, 1.54) is 0 Å². The molecule has 1 atom stereocenters. The van der Waals surface area contributed by atoms with Gasteiger partial charge in [-0.25, -0.2) is 19.9 Å². The topological polar surface area (TPSA) is 88.8 Å². The van der Waals surface area contributed by atoms with Gasteiger partial charge in [0, 0.05) is 43.7 Å². The molecule has 3 aromatic heterocycles. The number of likely N-dealkylation sites (tertiary alicyclic amines) is 1. The van der Waals surface area contributed by atoms with Gasteiger partial charge in [0.1, 0.15) is 23.8 Å². The first-order chi connectivity index (χ1) is 16.6. The maximum Gasteiger partial charge on any atom is 0.224 e. The van der Waals surface area contributed by atoms with Crippen LogP contribution in [0.1, 0.15) is 49.3 Å². The van der Waals surface area contributed by atoms with Gasteiger partial charge in [0.25, 0.3) is 0 Å². The zero-order chi connectivity index (χ0) is 23.5. The molecule has 4 heterocycles. The molecule has 34 heavy (non-hydrogen) atoms. The number of aryl methyl sites for hydroxylation is 2. The Bertz CT molecular complexity index is 1320. The van der Waals surface area contributed by atoms with Crippen molar-refractivity contribution < 1.29 is 4.79 Å². The van der Waals surface area contributed by atoms with E-state index >= 15 is 0 Å². The van der Waals surface area contributed by atoms with Gasteiger partial charge < -0.3 is 10.2 Å². The number of fused-ring (bicyclic) bond motifs is 1. The maximum atomic E-state index is 13.2. The quantitative estimate of drug-likeness (QED) is 0.448. The number of pyridine rings is 1. The number of rotatable bonds is 7. The Morgan fingerprint density at radius 1 is 1.18 bits per heavy atom. The summed E-state index contributed by atoms with van der Waals surface area (Å²) in [5.41, 5.74) is 2.98. The lowest BCUT2D eigenvalue weighted by molar-refractivity contribution is -0.131. The number of amides is 1. The van der Waals surface area contributed by atoms with Crippen LogP contribution in [0.4, 0.5) is 5.82 Å². The lowest BCUT2D eigenvalue weighted by Gasteiger charge is -2.25. The van der Waals surface area contributed by atoms with Crippen LogP contribution in [0.2, 0.25) is 0 Å². The smallest absolute Gasteiger partial charge is 0.224 e. The summed E-state index contributed by atoms with van der Waals surface area (Å²) >= 11 is 0. The van der Waals surface area contributed by atoms with E-state index in [1.807, 2.05) is 52.9 Å². The minimum Gasteiger partial charge on any atom is -0.369 e. The first-order valence-electron chi connectivity index (χ1n) is 11.9. The van der Waals surface area contributed by atoms with Gasteiger partial charge in [-0.15, -0.1) is 0 Å². The van der Waals surface area contributed by atoms with Crippen molar-refractivity contribution in [2.45, 2.75) is 45.6 Å². The molecule has 1 saturated heterocycles. The second-order valence-corrected chi connectivity index (χ2v) is 8.65. The van der Waals surface area contributed by atoms with Crippen molar-refractivity contribution >= 4 is 22.6 Å². The lowest BCUT2D eigenvalue weighted by atomic mass is 10.1. The summed E-state index contributed by atoms with van der Waals surface area (Å²) in [5, 5.41) is 4.31. The number of carbonyl (C=O) groups is 1. The van der Waals surface area contributed by atoms with Crippen LogP contribution in [-0.2, 0) is 11.2 Å². The Morgan fingerprint density at radius 3 is 2.97 bits per heavy atom. The predicted octanol–water partition coefficient (Wildman–Crippen LogP) is 4.25. The number of imidazole rings is 1. The van der Waals surface area contributed by atoms with E-state index < -0.39 is 0 Å². The first-order valence-corrected chi connectivity index (χ1v) is 11.9. The number of nitrogens with zero attached hydrogens (tertiary/aromatic N) is 6. The van der Waals surface area contributed by atoms with Crippen molar-refractivity contribution in [3.8, 4) is 5.82 Å². The lowest BCUT2D eigenvalue weighted by Crippen LogP contribution is -2.32. The van der Waals surface area contributed by atoms with Gasteiger partial charge in [0.15, 0.2) is 0 Å². The molecule has 0 aliphatic carbocycles. The molecule has 174 valence electrons. The summed E-state index contributed by atoms with van der Waals surface area (Å²) in [6.07, 6.45) is 8.44. The minimum atomic E-state index is 0.00331. The maximum absolute atomic E-state index is 13.2. The van der Waals surface area contributed by atoms with E-state index in [0.717, 1.165) is 65.4 Å². The highest BCUT2D eigenvalue weighted by atomic mass is 16.2. The highest BCUT2D eigenvalue weighted by Crippen LogP contribution is 2.32. The molecule has 1 aliphatic rings. The second-order valence-electron chi connectivity index (χ2n) is 8.65. The van der Waals surface area contributed by atoms with Gasteiger partial charge in [-0.05, 0) is 44.0 Å². The van der Waals surface area contributed by atoms with Crippen molar-refractivity contribution in [3.05, 3.63) is 72.2 Å². The number of carbonyl (C=O) groups excluding carboxylic acids is 1. The van der Waals surface area contributed by atoms with Gasteiger partial charge in [-0.2, -0.15) is 0 Å². The molecule has 1 aliphatic heterocycles. The van der Waals surface area contributed by atoms with Crippen molar-refractivity contribution in [3.63, 3.8) is 0 Å². The van der Waals surface area contributed by atoms with Gasteiger partial charge in [-0.1, -0.05) is 24.6 Å². The molecule has 0 unspecified atom stereocenters. The van der Waals surface area contributed by atoms with Gasteiger partial charge in [0.2, 0.25) is 5.91 Å². The number of hydrogen-bond acceptors (Lipinski definition) is 6. The first kappa shape index (κ1) is 22.0. The van der Waals surface area contributed by atoms with E-state index in [4.69, 9.17) is 4.98 Å². The van der Waals surface area contributed by atoms with Crippen LogP contribution >= 0.6 is 0 Å². The molecule has 0 bridgehead atoms.